The van der Waals surface area contributed by atoms with Gasteiger partial charge in [0.2, 0.25) is 0 Å². The Morgan fingerprint density at radius 3 is 2.84 bits per heavy atom. The minimum absolute atomic E-state index is 0.558. The molecule has 1 aromatic rings. The van der Waals surface area contributed by atoms with Crippen molar-refractivity contribution < 1.29 is 5.11 Å². The van der Waals surface area contributed by atoms with Gasteiger partial charge in [-0.15, -0.1) is 0 Å². The lowest BCUT2D eigenvalue weighted by Crippen LogP contribution is -2.34. The van der Waals surface area contributed by atoms with Crippen LogP contribution in [0.2, 0.25) is 0 Å². The first-order valence-electron chi connectivity index (χ1n) is 7.55. The second kappa shape index (κ2) is 6.06. The Hall–Kier alpha value is -0.870. The number of aryl methyl sites for hydroxylation is 1. The van der Waals surface area contributed by atoms with E-state index in [1.807, 2.05) is 16.9 Å². The maximum Gasteiger partial charge on any atom is 0.107 e. The molecule has 1 aromatic heterocycles. The van der Waals surface area contributed by atoms with Gasteiger partial charge in [0.05, 0.1) is 5.69 Å². The van der Waals surface area contributed by atoms with E-state index in [1.54, 1.807) is 0 Å². The summed E-state index contributed by atoms with van der Waals surface area (Å²) in [5, 5.41) is 15.4. The van der Waals surface area contributed by atoms with Gasteiger partial charge in [0.15, 0.2) is 0 Å². The third kappa shape index (κ3) is 3.18. The number of nitrogens with zero attached hydrogens (tertiary/aromatic N) is 3. The molecular weight excluding hydrogens is 238 g/mol. The maximum absolute atomic E-state index is 11.0. The molecule has 2 heterocycles. The van der Waals surface area contributed by atoms with Crippen molar-refractivity contribution in [1.29, 1.82) is 0 Å². The fourth-order valence-corrected chi connectivity index (χ4v) is 3.03. The SMILES string of the molecule is CCCn1nccc1C1(O)CCCN(C(C)C)CC1. The summed E-state index contributed by atoms with van der Waals surface area (Å²) in [7, 11) is 0. The fraction of sp³-hybridized carbons (Fsp3) is 0.800. The Labute approximate surface area is 116 Å². The van der Waals surface area contributed by atoms with Crippen molar-refractivity contribution >= 4 is 0 Å². The second-order valence-electron chi connectivity index (χ2n) is 5.95. The molecule has 108 valence electrons. The van der Waals surface area contributed by atoms with E-state index in [1.165, 1.54) is 0 Å². The normalized spacial score (nSPS) is 25.7. The van der Waals surface area contributed by atoms with Crippen LogP contribution >= 0.6 is 0 Å². The zero-order chi connectivity index (χ0) is 13.9. The molecule has 2 rings (SSSR count). The molecule has 0 spiro atoms. The van der Waals surface area contributed by atoms with Gasteiger partial charge < -0.3 is 10.0 Å². The molecule has 1 fully saturated rings. The third-order valence-electron chi connectivity index (χ3n) is 4.21. The highest BCUT2D eigenvalue weighted by Gasteiger charge is 2.35. The molecule has 1 aliphatic heterocycles. The predicted octanol–water partition coefficient (Wildman–Crippen LogP) is 2.38. The summed E-state index contributed by atoms with van der Waals surface area (Å²) in [5.74, 6) is 0. The maximum atomic E-state index is 11.0. The minimum Gasteiger partial charge on any atom is -0.384 e. The van der Waals surface area contributed by atoms with Crippen LogP contribution in [0.25, 0.3) is 0 Å². The molecule has 0 aliphatic carbocycles. The Morgan fingerprint density at radius 1 is 1.37 bits per heavy atom. The van der Waals surface area contributed by atoms with Gasteiger partial charge in [-0.25, -0.2) is 0 Å². The summed E-state index contributed by atoms with van der Waals surface area (Å²) in [5.41, 5.74) is 0.301. The topological polar surface area (TPSA) is 41.3 Å². The van der Waals surface area contributed by atoms with E-state index in [-0.39, 0.29) is 0 Å². The van der Waals surface area contributed by atoms with E-state index in [9.17, 15) is 5.11 Å². The van der Waals surface area contributed by atoms with Crippen molar-refractivity contribution in [2.75, 3.05) is 13.1 Å². The summed E-state index contributed by atoms with van der Waals surface area (Å²) in [6, 6.07) is 2.55. The molecule has 0 aromatic carbocycles. The average molecular weight is 265 g/mol. The molecule has 0 radical (unpaired) electrons. The lowest BCUT2D eigenvalue weighted by molar-refractivity contribution is 0.0116. The molecule has 1 saturated heterocycles. The standard InChI is InChI=1S/C15H27N3O/c1-4-10-18-14(6-9-16-18)15(19)7-5-11-17(12-8-15)13(2)3/h6,9,13,19H,4-5,7-8,10-12H2,1-3H3. The summed E-state index contributed by atoms with van der Waals surface area (Å²) in [6.45, 7) is 9.53. The van der Waals surface area contributed by atoms with E-state index in [0.717, 1.165) is 51.0 Å². The molecule has 1 N–H and O–H groups in total. The first-order chi connectivity index (χ1) is 9.07. The summed E-state index contributed by atoms with van der Waals surface area (Å²) >= 11 is 0. The third-order valence-corrected chi connectivity index (χ3v) is 4.21. The first kappa shape index (κ1) is 14.5. The second-order valence-corrected chi connectivity index (χ2v) is 5.95. The van der Waals surface area contributed by atoms with Gasteiger partial charge in [0, 0.05) is 25.3 Å². The monoisotopic (exact) mass is 265 g/mol. The molecule has 1 atom stereocenters. The summed E-state index contributed by atoms with van der Waals surface area (Å²) in [4.78, 5) is 2.46. The quantitative estimate of drug-likeness (QED) is 0.908. The van der Waals surface area contributed by atoms with E-state index >= 15 is 0 Å². The Balaban J connectivity index is 2.15. The average Bonchev–Trinajstić information content (AvgIpc) is 2.73. The van der Waals surface area contributed by atoms with E-state index in [0.29, 0.717) is 6.04 Å². The van der Waals surface area contributed by atoms with Crippen LogP contribution < -0.4 is 0 Å². The summed E-state index contributed by atoms with van der Waals surface area (Å²) in [6.07, 6.45) is 5.55. The van der Waals surface area contributed by atoms with Gasteiger partial charge in [0.1, 0.15) is 5.60 Å². The molecule has 4 heteroatoms. The van der Waals surface area contributed by atoms with Crippen molar-refractivity contribution in [2.24, 2.45) is 0 Å². The minimum atomic E-state index is -0.699. The first-order valence-corrected chi connectivity index (χ1v) is 7.55. The van der Waals surface area contributed by atoms with Gasteiger partial charge >= 0.3 is 0 Å². The predicted molar refractivity (Wildman–Crippen MR) is 77.0 cm³/mol. The molecule has 0 bridgehead atoms. The van der Waals surface area contributed by atoms with E-state index < -0.39 is 5.60 Å². The Kier molecular flexibility index (Phi) is 4.63. The summed E-state index contributed by atoms with van der Waals surface area (Å²) < 4.78 is 1.98. The lowest BCUT2D eigenvalue weighted by Gasteiger charge is -2.28. The van der Waals surface area contributed by atoms with Crippen LogP contribution in [0.3, 0.4) is 0 Å². The highest BCUT2D eigenvalue weighted by molar-refractivity contribution is 5.13. The van der Waals surface area contributed by atoms with Gasteiger partial charge in [-0.2, -0.15) is 5.10 Å². The van der Waals surface area contributed by atoms with Crippen molar-refractivity contribution in [1.82, 2.24) is 14.7 Å². The van der Waals surface area contributed by atoms with Gasteiger partial charge in [-0.1, -0.05) is 6.92 Å². The van der Waals surface area contributed by atoms with Crippen molar-refractivity contribution in [3.05, 3.63) is 18.0 Å². The van der Waals surface area contributed by atoms with Gasteiger partial charge in [-0.05, 0) is 52.1 Å². The highest BCUT2D eigenvalue weighted by Crippen LogP contribution is 2.33. The smallest absolute Gasteiger partial charge is 0.107 e. The number of aromatic nitrogens is 2. The van der Waals surface area contributed by atoms with Crippen LogP contribution in [0.5, 0.6) is 0 Å². The van der Waals surface area contributed by atoms with E-state index in [2.05, 4.69) is 30.8 Å². The molecule has 4 nitrogen and oxygen atoms in total. The van der Waals surface area contributed by atoms with Crippen LogP contribution in [-0.4, -0.2) is 38.9 Å². The Bertz CT molecular complexity index is 402. The molecule has 1 unspecified atom stereocenters. The van der Waals surface area contributed by atoms with Crippen LogP contribution in [0, 0.1) is 0 Å². The molecular formula is C15H27N3O. The largest absolute Gasteiger partial charge is 0.384 e. The van der Waals surface area contributed by atoms with Crippen molar-refractivity contribution in [3.63, 3.8) is 0 Å². The van der Waals surface area contributed by atoms with Gasteiger partial charge in [0.25, 0.3) is 0 Å². The van der Waals surface area contributed by atoms with Gasteiger partial charge in [-0.3, -0.25) is 4.68 Å². The van der Waals surface area contributed by atoms with E-state index in [4.69, 9.17) is 0 Å². The van der Waals surface area contributed by atoms with Crippen molar-refractivity contribution in [3.8, 4) is 0 Å². The van der Waals surface area contributed by atoms with Crippen LogP contribution in [0.4, 0.5) is 0 Å². The van der Waals surface area contributed by atoms with Crippen LogP contribution in [-0.2, 0) is 12.1 Å². The number of hydrogen-bond acceptors (Lipinski definition) is 3. The van der Waals surface area contributed by atoms with Crippen LogP contribution in [0.1, 0.15) is 52.1 Å². The number of hydrogen-bond donors (Lipinski definition) is 1. The molecule has 0 amide bonds. The van der Waals surface area contributed by atoms with Crippen LogP contribution in [0.15, 0.2) is 12.3 Å². The molecule has 19 heavy (non-hydrogen) atoms. The number of likely N-dealkylation sites (tertiary alicyclic amines) is 1. The zero-order valence-corrected chi connectivity index (χ0v) is 12.5. The number of rotatable bonds is 4. The fourth-order valence-electron chi connectivity index (χ4n) is 3.03. The highest BCUT2D eigenvalue weighted by atomic mass is 16.3. The zero-order valence-electron chi connectivity index (χ0n) is 12.5. The number of aliphatic hydroxyl groups is 1. The van der Waals surface area contributed by atoms with Crippen molar-refractivity contribution in [2.45, 2.75) is 64.6 Å². The molecule has 0 saturated carbocycles. The molecule has 1 aliphatic rings. The lowest BCUT2D eigenvalue weighted by atomic mass is 9.91. The Morgan fingerprint density at radius 2 is 2.16 bits per heavy atom.